The lowest BCUT2D eigenvalue weighted by Crippen LogP contribution is -2.26. The minimum absolute atomic E-state index is 0.0224. The maximum absolute atomic E-state index is 12.7. The van der Waals surface area contributed by atoms with Gasteiger partial charge in [0.05, 0.1) is 28.8 Å². The van der Waals surface area contributed by atoms with Crippen LogP contribution in [-0.2, 0) is 19.5 Å². The van der Waals surface area contributed by atoms with Crippen LogP contribution in [0.5, 0.6) is 0 Å². The van der Waals surface area contributed by atoms with Crippen molar-refractivity contribution in [2.24, 2.45) is 5.14 Å². The maximum atomic E-state index is 12.7. The van der Waals surface area contributed by atoms with E-state index in [1.165, 1.54) is 26.2 Å². The molecule has 0 bridgehead atoms. The molecule has 156 valence electrons. The standard InChI is InChI=1S/C19H22N2O7S/c1-9-6-7-13(29(20,25)26)8-14(9)18(23)28-12(4)17(22)16-10(2)15(11(3)21-16)19(24)27-5/h6-8,12,21H,1-5H3,(H2,20,25,26). The number of nitrogens with two attached hydrogens (primary N) is 1. The Hall–Kier alpha value is -2.98. The first-order valence-corrected chi connectivity index (χ1v) is 10.1. The number of hydrogen-bond donors (Lipinski definition) is 2. The number of methoxy groups -OCH3 is 1. The number of rotatable bonds is 6. The summed E-state index contributed by atoms with van der Waals surface area (Å²) in [6.45, 7) is 6.18. The molecular weight excluding hydrogens is 400 g/mol. The molecule has 3 N–H and O–H groups in total. The first-order valence-electron chi connectivity index (χ1n) is 8.54. The molecule has 1 atom stereocenters. The number of primary sulfonamides is 1. The van der Waals surface area contributed by atoms with Gasteiger partial charge in [0.15, 0.2) is 6.10 Å². The van der Waals surface area contributed by atoms with Gasteiger partial charge in [0.1, 0.15) is 0 Å². The van der Waals surface area contributed by atoms with E-state index in [9.17, 15) is 22.8 Å². The zero-order chi connectivity index (χ0) is 22.1. The molecule has 1 heterocycles. The van der Waals surface area contributed by atoms with Crippen LogP contribution in [0.1, 0.15) is 54.9 Å². The zero-order valence-electron chi connectivity index (χ0n) is 16.7. The number of sulfonamides is 1. The average molecular weight is 422 g/mol. The summed E-state index contributed by atoms with van der Waals surface area (Å²) in [5.41, 5.74) is 1.64. The number of carbonyl (C=O) groups excluding carboxylic acids is 3. The Morgan fingerprint density at radius 1 is 1.10 bits per heavy atom. The van der Waals surface area contributed by atoms with Crippen LogP contribution in [-0.4, -0.2) is 44.3 Å². The summed E-state index contributed by atoms with van der Waals surface area (Å²) in [4.78, 5) is 39.7. The monoisotopic (exact) mass is 422 g/mol. The largest absolute Gasteiger partial charge is 0.465 e. The third-order valence-electron chi connectivity index (χ3n) is 4.48. The number of Topliss-reactive ketones (excluding diaryl/α,β-unsaturated/α-hetero) is 1. The molecule has 0 aliphatic rings. The lowest BCUT2D eigenvalue weighted by Gasteiger charge is -2.14. The first kappa shape index (κ1) is 22.3. The van der Waals surface area contributed by atoms with Crippen LogP contribution in [0.4, 0.5) is 0 Å². The number of H-pyrrole nitrogens is 1. The summed E-state index contributed by atoms with van der Waals surface area (Å²) in [5, 5.41) is 5.09. The highest BCUT2D eigenvalue weighted by Crippen LogP contribution is 2.22. The summed E-state index contributed by atoms with van der Waals surface area (Å²) in [6, 6.07) is 3.79. The summed E-state index contributed by atoms with van der Waals surface area (Å²) in [7, 11) is -2.77. The van der Waals surface area contributed by atoms with Crippen LogP contribution in [0.2, 0.25) is 0 Å². The second-order valence-corrected chi connectivity index (χ2v) is 8.11. The molecule has 1 unspecified atom stereocenters. The fourth-order valence-corrected chi connectivity index (χ4v) is 3.42. The average Bonchev–Trinajstić information content (AvgIpc) is 2.93. The van der Waals surface area contributed by atoms with Gasteiger partial charge in [-0.1, -0.05) is 6.07 Å². The Bertz CT molecular complexity index is 1100. The number of ether oxygens (including phenoxy) is 2. The molecular formula is C19H22N2O7S. The molecule has 0 fully saturated rings. The summed E-state index contributed by atoms with van der Waals surface area (Å²) in [5.74, 6) is -2.01. The lowest BCUT2D eigenvalue weighted by atomic mass is 10.1. The van der Waals surface area contributed by atoms with Gasteiger partial charge in [0.2, 0.25) is 15.8 Å². The van der Waals surface area contributed by atoms with Gasteiger partial charge in [0, 0.05) is 5.69 Å². The van der Waals surface area contributed by atoms with E-state index in [0.29, 0.717) is 16.8 Å². The number of aromatic nitrogens is 1. The fourth-order valence-electron chi connectivity index (χ4n) is 2.88. The van der Waals surface area contributed by atoms with Crippen LogP contribution in [0, 0.1) is 20.8 Å². The van der Waals surface area contributed by atoms with Gasteiger partial charge in [-0.05, 0) is 51.0 Å². The minimum Gasteiger partial charge on any atom is -0.465 e. The molecule has 1 aromatic heterocycles. The molecule has 2 rings (SSSR count). The van der Waals surface area contributed by atoms with E-state index in [2.05, 4.69) is 4.98 Å². The highest BCUT2D eigenvalue weighted by atomic mass is 32.2. The topological polar surface area (TPSA) is 146 Å². The SMILES string of the molecule is COC(=O)c1c(C)[nH]c(C(=O)C(C)OC(=O)c2cc(S(N)(=O)=O)ccc2C)c1C. The van der Waals surface area contributed by atoms with E-state index in [1.54, 1.807) is 20.8 Å². The van der Waals surface area contributed by atoms with Crippen molar-refractivity contribution < 1.29 is 32.3 Å². The molecule has 9 nitrogen and oxygen atoms in total. The molecule has 1 aromatic carbocycles. The number of hydrogen-bond acceptors (Lipinski definition) is 7. The smallest absolute Gasteiger partial charge is 0.339 e. The second-order valence-electron chi connectivity index (χ2n) is 6.55. The summed E-state index contributed by atoms with van der Waals surface area (Å²) >= 11 is 0. The number of aryl methyl sites for hydroxylation is 2. The molecule has 29 heavy (non-hydrogen) atoms. The van der Waals surface area contributed by atoms with Crippen molar-refractivity contribution in [3.05, 3.63) is 51.8 Å². The second kappa shape index (κ2) is 8.18. The van der Waals surface area contributed by atoms with Gasteiger partial charge >= 0.3 is 11.9 Å². The summed E-state index contributed by atoms with van der Waals surface area (Å²) < 4.78 is 33.0. The Morgan fingerprint density at radius 3 is 2.28 bits per heavy atom. The van der Waals surface area contributed by atoms with Crippen molar-refractivity contribution in [3.8, 4) is 0 Å². The first-order chi connectivity index (χ1) is 13.4. The number of esters is 2. The fraction of sp³-hybridized carbons (Fsp3) is 0.316. The Balaban J connectivity index is 2.29. The molecule has 0 amide bonds. The third-order valence-corrected chi connectivity index (χ3v) is 5.39. The van der Waals surface area contributed by atoms with Crippen molar-refractivity contribution in [2.75, 3.05) is 7.11 Å². The van der Waals surface area contributed by atoms with Crippen LogP contribution < -0.4 is 5.14 Å². The van der Waals surface area contributed by atoms with E-state index in [4.69, 9.17) is 14.6 Å². The molecule has 2 aromatic rings. The Morgan fingerprint density at radius 2 is 1.72 bits per heavy atom. The van der Waals surface area contributed by atoms with Crippen LogP contribution in [0.25, 0.3) is 0 Å². The predicted octanol–water partition coefficient (Wildman–Crippen LogP) is 1.80. The highest BCUT2D eigenvalue weighted by Gasteiger charge is 2.28. The number of carbonyl (C=O) groups is 3. The molecule has 10 heteroatoms. The van der Waals surface area contributed by atoms with E-state index < -0.39 is 33.8 Å². The van der Waals surface area contributed by atoms with E-state index in [1.807, 2.05) is 0 Å². The maximum Gasteiger partial charge on any atom is 0.339 e. The van der Waals surface area contributed by atoms with E-state index in [0.717, 1.165) is 6.07 Å². The molecule has 0 saturated heterocycles. The molecule has 0 radical (unpaired) electrons. The van der Waals surface area contributed by atoms with Crippen molar-refractivity contribution in [1.29, 1.82) is 0 Å². The van der Waals surface area contributed by atoms with Gasteiger partial charge in [-0.15, -0.1) is 0 Å². The Labute approximate surface area is 168 Å². The minimum atomic E-state index is -4.01. The summed E-state index contributed by atoms with van der Waals surface area (Å²) in [6.07, 6.45) is -1.19. The highest BCUT2D eigenvalue weighted by molar-refractivity contribution is 7.89. The molecule has 0 spiro atoms. The molecule has 0 aliphatic heterocycles. The van der Waals surface area contributed by atoms with Crippen LogP contribution in [0.3, 0.4) is 0 Å². The van der Waals surface area contributed by atoms with Crippen molar-refractivity contribution in [2.45, 2.75) is 38.7 Å². The van der Waals surface area contributed by atoms with Crippen molar-refractivity contribution in [3.63, 3.8) is 0 Å². The predicted molar refractivity (Wildman–Crippen MR) is 103 cm³/mol. The van der Waals surface area contributed by atoms with Gasteiger partial charge in [-0.2, -0.15) is 0 Å². The van der Waals surface area contributed by atoms with E-state index >= 15 is 0 Å². The van der Waals surface area contributed by atoms with Gasteiger partial charge < -0.3 is 14.5 Å². The van der Waals surface area contributed by atoms with Gasteiger partial charge in [-0.25, -0.2) is 23.1 Å². The number of ketones is 1. The Kier molecular flexibility index (Phi) is 6.29. The molecule has 0 saturated carbocycles. The van der Waals surface area contributed by atoms with Crippen molar-refractivity contribution >= 4 is 27.7 Å². The van der Waals surface area contributed by atoms with E-state index in [-0.39, 0.29) is 21.7 Å². The lowest BCUT2D eigenvalue weighted by molar-refractivity contribution is 0.0315. The third kappa shape index (κ3) is 4.54. The van der Waals surface area contributed by atoms with Crippen molar-refractivity contribution in [1.82, 2.24) is 4.98 Å². The van der Waals surface area contributed by atoms with Gasteiger partial charge in [-0.3, -0.25) is 4.79 Å². The normalized spacial score (nSPS) is 12.3. The van der Waals surface area contributed by atoms with Crippen LogP contribution in [0.15, 0.2) is 23.1 Å². The zero-order valence-corrected chi connectivity index (χ0v) is 17.5. The number of benzene rings is 1. The number of nitrogens with one attached hydrogen (secondary N) is 1. The quantitative estimate of drug-likeness (QED) is 0.533. The molecule has 0 aliphatic carbocycles. The number of aromatic amines is 1. The van der Waals surface area contributed by atoms with Crippen LogP contribution >= 0.6 is 0 Å². The van der Waals surface area contributed by atoms with Gasteiger partial charge in [0.25, 0.3) is 0 Å².